The number of aliphatic hydroxyl groups excluding tert-OH is 1. The summed E-state index contributed by atoms with van der Waals surface area (Å²) in [7, 11) is 0. The Hall–Kier alpha value is -2.04. The third-order valence-corrected chi connectivity index (χ3v) is 4.35. The highest BCUT2D eigenvalue weighted by Crippen LogP contribution is 2.25. The van der Waals surface area contributed by atoms with Crippen LogP contribution in [0.2, 0.25) is 0 Å². The van der Waals surface area contributed by atoms with Crippen molar-refractivity contribution in [2.75, 3.05) is 25.8 Å². The van der Waals surface area contributed by atoms with Gasteiger partial charge in [0, 0.05) is 11.8 Å². The van der Waals surface area contributed by atoms with Crippen molar-refractivity contribution in [2.45, 2.75) is 13.0 Å². The fourth-order valence-electron chi connectivity index (χ4n) is 2.19. The van der Waals surface area contributed by atoms with E-state index < -0.39 is 12.8 Å². The minimum atomic E-state index is -1.10. The summed E-state index contributed by atoms with van der Waals surface area (Å²) in [5.41, 5.74) is 2.82. The molecule has 0 fully saturated rings. The molecule has 1 N–H and O–H groups in total. The number of hydrogen-bond donors (Lipinski definition) is 1. The molecule has 0 unspecified atom stereocenters. The summed E-state index contributed by atoms with van der Waals surface area (Å²) in [5.74, 6) is 2.25. The Kier molecular flexibility index (Phi) is 7.95. The Bertz CT molecular complexity index is 626. The molecule has 140 valence electrons. The molecule has 0 spiro atoms. The number of ether oxygens (including phenoxy) is 2. The van der Waals surface area contributed by atoms with Gasteiger partial charge in [0.1, 0.15) is 30.9 Å². The average molecular weight is 379 g/mol. The molecular formula is C21H24ClFO3. The second-order valence-electron chi connectivity index (χ2n) is 6.22. The maximum atomic E-state index is 12.2. The van der Waals surface area contributed by atoms with Crippen molar-refractivity contribution in [1.29, 1.82) is 0 Å². The van der Waals surface area contributed by atoms with Crippen molar-refractivity contribution in [2.24, 2.45) is 5.92 Å². The maximum Gasteiger partial charge on any atom is 0.119 e. The molecule has 0 aliphatic carbocycles. The topological polar surface area (TPSA) is 38.7 Å². The average Bonchev–Trinajstić information content (AvgIpc) is 2.70. The summed E-state index contributed by atoms with van der Waals surface area (Å²) >= 11 is 5.78. The molecule has 0 bridgehead atoms. The number of halogens is 2. The van der Waals surface area contributed by atoms with Crippen molar-refractivity contribution in [3.8, 4) is 11.5 Å². The smallest absolute Gasteiger partial charge is 0.119 e. The van der Waals surface area contributed by atoms with E-state index in [-0.39, 0.29) is 6.61 Å². The van der Waals surface area contributed by atoms with E-state index in [1.165, 1.54) is 0 Å². The molecule has 0 aromatic heterocycles. The van der Waals surface area contributed by atoms with Gasteiger partial charge in [-0.3, -0.25) is 0 Å². The first-order valence-corrected chi connectivity index (χ1v) is 9.02. The number of benzene rings is 2. The van der Waals surface area contributed by atoms with E-state index in [9.17, 15) is 9.50 Å². The zero-order valence-electron chi connectivity index (χ0n) is 14.8. The van der Waals surface area contributed by atoms with Crippen LogP contribution in [0.4, 0.5) is 4.39 Å². The Morgan fingerprint density at radius 2 is 1.46 bits per heavy atom. The highest BCUT2D eigenvalue weighted by molar-refractivity contribution is 6.18. The molecular weight excluding hydrogens is 355 g/mol. The molecule has 0 aliphatic rings. The molecule has 0 heterocycles. The molecule has 2 atom stereocenters. The van der Waals surface area contributed by atoms with Gasteiger partial charge in [0.05, 0.1) is 6.61 Å². The zero-order valence-corrected chi connectivity index (χ0v) is 15.6. The lowest BCUT2D eigenvalue weighted by atomic mass is 9.99. The number of rotatable bonds is 10. The van der Waals surface area contributed by atoms with E-state index in [1.54, 1.807) is 12.1 Å². The standard InChI is InChI=1S/C21H24ClFO3/c1-15(11-22)13-25-20-7-3-17(4-8-20)16(2)18-5-9-21(10-6-18)26-14-19(24)12-23/h3-10,15,19,24H,2,11-14H2,1H3/t15-,19+/m0/s1. The van der Waals surface area contributed by atoms with Crippen LogP contribution in [0.3, 0.4) is 0 Å². The van der Waals surface area contributed by atoms with Crippen LogP contribution in [-0.4, -0.2) is 37.0 Å². The van der Waals surface area contributed by atoms with Gasteiger partial charge in [-0.15, -0.1) is 11.6 Å². The zero-order chi connectivity index (χ0) is 18.9. The van der Waals surface area contributed by atoms with Gasteiger partial charge in [-0.1, -0.05) is 37.8 Å². The van der Waals surface area contributed by atoms with Crippen molar-refractivity contribution in [3.05, 3.63) is 66.2 Å². The normalized spacial score (nSPS) is 13.1. The SMILES string of the molecule is C=C(c1ccc(OC[C@@H](C)CCl)cc1)c1ccc(OC[C@H](O)CF)cc1. The van der Waals surface area contributed by atoms with E-state index in [0.717, 1.165) is 22.4 Å². The van der Waals surface area contributed by atoms with Crippen LogP contribution in [0.5, 0.6) is 11.5 Å². The summed E-state index contributed by atoms with van der Waals surface area (Å²) in [6, 6.07) is 15.1. The number of alkyl halides is 2. The minimum Gasteiger partial charge on any atom is -0.493 e. The van der Waals surface area contributed by atoms with E-state index in [1.807, 2.05) is 43.3 Å². The van der Waals surface area contributed by atoms with E-state index in [4.69, 9.17) is 21.1 Å². The first kappa shape index (κ1) is 20.3. The second-order valence-corrected chi connectivity index (χ2v) is 6.53. The molecule has 0 amide bonds. The summed E-state index contributed by atoms with van der Waals surface area (Å²) in [6.45, 7) is 5.87. The Morgan fingerprint density at radius 3 is 1.88 bits per heavy atom. The van der Waals surface area contributed by atoms with E-state index >= 15 is 0 Å². The molecule has 2 aromatic carbocycles. The van der Waals surface area contributed by atoms with Crippen molar-refractivity contribution in [1.82, 2.24) is 0 Å². The van der Waals surface area contributed by atoms with Crippen LogP contribution in [0.15, 0.2) is 55.1 Å². The third-order valence-electron chi connectivity index (χ3n) is 3.82. The van der Waals surface area contributed by atoms with Gasteiger partial charge in [0.25, 0.3) is 0 Å². The first-order valence-electron chi connectivity index (χ1n) is 8.48. The number of aliphatic hydroxyl groups is 1. The van der Waals surface area contributed by atoms with Crippen LogP contribution in [0.1, 0.15) is 18.1 Å². The van der Waals surface area contributed by atoms with Gasteiger partial charge in [0.15, 0.2) is 0 Å². The van der Waals surface area contributed by atoms with Crippen molar-refractivity contribution in [3.63, 3.8) is 0 Å². The molecule has 0 saturated carbocycles. The van der Waals surface area contributed by atoms with Crippen LogP contribution >= 0.6 is 11.6 Å². The molecule has 5 heteroatoms. The predicted octanol–water partition coefficient (Wildman–Crippen LogP) is 4.71. The summed E-state index contributed by atoms with van der Waals surface area (Å²) in [4.78, 5) is 0. The maximum absolute atomic E-state index is 12.2. The molecule has 26 heavy (non-hydrogen) atoms. The van der Waals surface area contributed by atoms with E-state index in [0.29, 0.717) is 24.2 Å². The van der Waals surface area contributed by atoms with Crippen LogP contribution in [-0.2, 0) is 0 Å². The van der Waals surface area contributed by atoms with Crippen LogP contribution in [0.25, 0.3) is 5.57 Å². The van der Waals surface area contributed by atoms with Gasteiger partial charge in [-0.05, 0) is 41.0 Å². The van der Waals surface area contributed by atoms with Crippen molar-refractivity contribution < 1.29 is 19.0 Å². The fraction of sp³-hybridized carbons (Fsp3) is 0.333. The van der Waals surface area contributed by atoms with Crippen LogP contribution in [0, 0.1) is 5.92 Å². The van der Waals surface area contributed by atoms with Gasteiger partial charge in [0.2, 0.25) is 0 Å². The van der Waals surface area contributed by atoms with Gasteiger partial charge < -0.3 is 14.6 Å². The summed E-state index contributed by atoms with van der Waals surface area (Å²) < 4.78 is 23.2. The molecule has 0 aliphatic heterocycles. The lowest BCUT2D eigenvalue weighted by Gasteiger charge is -2.12. The Labute approximate surface area is 159 Å². The van der Waals surface area contributed by atoms with Gasteiger partial charge >= 0.3 is 0 Å². The quantitative estimate of drug-likeness (QED) is 0.608. The largest absolute Gasteiger partial charge is 0.493 e. The van der Waals surface area contributed by atoms with Crippen LogP contribution < -0.4 is 9.47 Å². The minimum absolute atomic E-state index is 0.0689. The molecule has 0 saturated heterocycles. The fourth-order valence-corrected chi connectivity index (χ4v) is 2.28. The highest BCUT2D eigenvalue weighted by Gasteiger charge is 2.07. The third kappa shape index (κ3) is 6.04. The lowest BCUT2D eigenvalue weighted by molar-refractivity contribution is 0.0842. The number of hydrogen-bond acceptors (Lipinski definition) is 3. The second kappa shape index (κ2) is 10.2. The monoisotopic (exact) mass is 378 g/mol. The summed E-state index contributed by atoms with van der Waals surface area (Å²) in [5, 5.41) is 9.18. The summed E-state index contributed by atoms with van der Waals surface area (Å²) in [6.07, 6.45) is -1.10. The molecule has 2 aromatic rings. The Balaban J connectivity index is 1.95. The molecule has 0 radical (unpaired) electrons. The predicted molar refractivity (Wildman–Crippen MR) is 104 cm³/mol. The Morgan fingerprint density at radius 1 is 1.00 bits per heavy atom. The van der Waals surface area contributed by atoms with Gasteiger partial charge in [-0.2, -0.15) is 0 Å². The first-order chi connectivity index (χ1) is 12.5. The lowest BCUT2D eigenvalue weighted by Crippen LogP contribution is -2.19. The molecule has 2 rings (SSSR count). The highest BCUT2D eigenvalue weighted by atomic mass is 35.5. The molecule has 3 nitrogen and oxygen atoms in total. The van der Waals surface area contributed by atoms with Gasteiger partial charge in [-0.25, -0.2) is 4.39 Å². The van der Waals surface area contributed by atoms with Crippen molar-refractivity contribution >= 4 is 17.2 Å². The van der Waals surface area contributed by atoms with E-state index in [2.05, 4.69) is 6.58 Å².